The summed E-state index contributed by atoms with van der Waals surface area (Å²) < 4.78 is 6.88. The van der Waals surface area contributed by atoms with E-state index in [1.165, 1.54) is 12.0 Å². The largest absolute Gasteiger partial charge is 0.383 e. The van der Waals surface area contributed by atoms with Crippen LogP contribution in [-0.4, -0.2) is 53.4 Å². The molecule has 0 unspecified atom stereocenters. The molecule has 10 heteroatoms. The molecule has 1 heterocycles. The molecule has 0 bridgehead atoms. The molecule has 3 aromatic rings. The minimum Gasteiger partial charge on any atom is -0.383 e. The first-order chi connectivity index (χ1) is 17.4. The lowest BCUT2D eigenvalue weighted by Gasteiger charge is -2.22. The molecule has 0 fully saturated rings. The van der Waals surface area contributed by atoms with Crippen molar-refractivity contribution < 1.29 is 14.3 Å². The molecule has 37 heavy (non-hydrogen) atoms. The van der Waals surface area contributed by atoms with Crippen LogP contribution in [0.25, 0.3) is 5.69 Å². The summed E-state index contributed by atoms with van der Waals surface area (Å²) in [6.07, 6.45) is 0. The van der Waals surface area contributed by atoms with Gasteiger partial charge in [-0.25, -0.2) is 9.48 Å². The van der Waals surface area contributed by atoms with E-state index in [1.54, 1.807) is 22.9 Å². The van der Waals surface area contributed by atoms with Gasteiger partial charge in [0.15, 0.2) is 0 Å². The first kappa shape index (κ1) is 28.5. The van der Waals surface area contributed by atoms with Crippen LogP contribution in [0.5, 0.6) is 0 Å². The number of nitrogens with zero attached hydrogens (tertiary/aromatic N) is 3. The molecule has 8 nitrogen and oxygen atoms in total. The van der Waals surface area contributed by atoms with Crippen LogP contribution in [0.4, 0.5) is 16.3 Å². The molecule has 2 aromatic carbocycles. The van der Waals surface area contributed by atoms with Crippen LogP contribution in [0, 0.1) is 13.8 Å². The predicted molar refractivity (Wildman–Crippen MR) is 149 cm³/mol. The molecule has 0 atom stereocenters. The molecule has 0 saturated heterocycles. The van der Waals surface area contributed by atoms with Gasteiger partial charge in [-0.2, -0.15) is 5.10 Å². The number of anilines is 2. The van der Waals surface area contributed by atoms with Crippen molar-refractivity contribution in [1.29, 1.82) is 0 Å². The lowest BCUT2D eigenvalue weighted by atomic mass is 9.92. The third-order valence-electron chi connectivity index (χ3n) is 5.68. The molecular weight excluding hydrogens is 513 g/mol. The SMILES string of the molecule is COCCN(CC(=O)Nc1cc(C(C)(C)C)nn1-c1ccc(C)cc1C)C(=O)Nc1ccc(Cl)c(Cl)c1. The van der Waals surface area contributed by atoms with Crippen LogP contribution >= 0.6 is 23.2 Å². The van der Waals surface area contributed by atoms with Gasteiger partial charge in [0.25, 0.3) is 0 Å². The number of ether oxygens (including phenoxy) is 1. The first-order valence-corrected chi connectivity index (χ1v) is 12.6. The molecular formula is C27H33Cl2N5O3. The number of rotatable bonds is 8. The number of benzene rings is 2. The number of aryl methyl sites for hydroxylation is 2. The second kappa shape index (κ2) is 12.0. The van der Waals surface area contributed by atoms with E-state index >= 15 is 0 Å². The molecule has 0 aliphatic carbocycles. The summed E-state index contributed by atoms with van der Waals surface area (Å²) in [7, 11) is 1.53. The first-order valence-electron chi connectivity index (χ1n) is 11.9. The summed E-state index contributed by atoms with van der Waals surface area (Å²) in [6.45, 7) is 10.5. The van der Waals surface area contributed by atoms with Crippen LogP contribution in [-0.2, 0) is 14.9 Å². The molecule has 0 aliphatic heterocycles. The molecule has 0 spiro atoms. The highest BCUT2D eigenvalue weighted by Gasteiger charge is 2.24. The van der Waals surface area contributed by atoms with Gasteiger partial charge in [0.1, 0.15) is 12.4 Å². The zero-order valence-electron chi connectivity index (χ0n) is 22.0. The quantitative estimate of drug-likeness (QED) is 0.352. The molecule has 3 rings (SSSR count). The maximum absolute atomic E-state index is 13.2. The summed E-state index contributed by atoms with van der Waals surface area (Å²) in [4.78, 5) is 27.5. The minimum atomic E-state index is -0.469. The van der Waals surface area contributed by atoms with Gasteiger partial charge in [-0.05, 0) is 43.7 Å². The van der Waals surface area contributed by atoms with Crippen LogP contribution in [0.3, 0.4) is 0 Å². The Morgan fingerprint density at radius 2 is 1.76 bits per heavy atom. The van der Waals surface area contributed by atoms with E-state index in [2.05, 4.69) is 37.5 Å². The summed E-state index contributed by atoms with van der Waals surface area (Å²) in [5, 5.41) is 11.2. The zero-order valence-corrected chi connectivity index (χ0v) is 23.5. The van der Waals surface area contributed by atoms with Gasteiger partial charge in [0.2, 0.25) is 5.91 Å². The number of urea groups is 1. The van der Waals surface area contributed by atoms with E-state index in [4.69, 9.17) is 33.0 Å². The molecule has 0 saturated carbocycles. The van der Waals surface area contributed by atoms with Crippen molar-refractivity contribution in [1.82, 2.24) is 14.7 Å². The number of methoxy groups -OCH3 is 1. The van der Waals surface area contributed by atoms with Gasteiger partial charge >= 0.3 is 6.03 Å². The van der Waals surface area contributed by atoms with E-state index < -0.39 is 6.03 Å². The highest BCUT2D eigenvalue weighted by molar-refractivity contribution is 6.42. The van der Waals surface area contributed by atoms with E-state index in [1.807, 2.05) is 32.0 Å². The number of carbonyl (C=O) groups is 2. The van der Waals surface area contributed by atoms with Crippen LogP contribution in [0.15, 0.2) is 42.5 Å². The highest BCUT2D eigenvalue weighted by Crippen LogP contribution is 2.28. The van der Waals surface area contributed by atoms with Crippen molar-refractivity contribution in [2.75, 3.05) is 37.4 Å². The van der Waals surface area contributed by atoms with Gasteiger partial charge in [0, 0.05) is 30.8 Å². The van der Waals surface area contributed by atoms with Crippen molar-refractivity contribution >= 4 is 46.6 Å². The van der Waals surface area contributed by atoms with Crippen LogP contribution in [0.2, 0.25) is 10.0 Å². The van der Waals surface area contributed by atoms with Gasteiger partial charge in [0.05, 0.1) is 28.0 Å². The normalized spacial score (nSPS) is 11.4. The van der Waals surface area contributed by atoms with Crippen molar-refractivity contribution in [3.05, 3.63) is 69.3 Å². The summed E-state index contributed by atoms with van der Waals surface area (Å²) in [5.74, 6) is 0.158. The van der Waals surface area contributed by atoms with E-state index in [-0.39, 0.29) is 31.0 Å². The summed E-state index contributed by atoms with van der Waals surface area (Å²) in [6, 6.07) is 12.2. The third-order valence-corrected chi connectivity index (χ3v) is 6.42. The topological polar surface area (TPSA) is 88.5 Å². The molecule has 2 N–H and O–H groups in total. The van der Waals surface area contributed by atoms with Crippen molar-refractivity contribution in [2.45, 2.75) is 40.0 Å². The summed E-state index contributed by atoms with van der Waals surface area (Å²) >= 11 is 12.0. The number of hydrogen-bond donors (Lipinski definition) is 2. The Hall–Kier alpha value is -3.07. The van der Waals surface area contributed by atoms with E-state index in [9.17, 15) is 9.59 Å². The Balaban J connectivity index is 1.83. The zero-order chi connectivity index (χ0) is 27.3. The second-order valence-electron chi connectivity index (χ2n) is 9.89. The number of nitrogens with one attached hydrogen (secondary N) is 2. The average molecular weight is 546 g/mol. The van der Waals surface area contributed by atoms with Gasteiger partial charge in [-0.15, -0.1) is 0 Å². The number of amides is 3. The fourth-order valence-electron chi connectivity index (χ4n) is 3.65. The van der Waals surface area contributed by atoms with Crippen LogP contribution < -0.4 is 10.6 Å². The van der Waals surface area contributed by atoms with Gasteiger partial charge < -0.3 is 20.3 Å². The maximum Gasteiger partial charge on any atom is 0.322 e. The Bertz CT molecular complexity index is 1280. The van der Waals surface area contributed by atoms with Crippen LogP contribution in [0.1, 0.15) is 37.6 Å². The minimum absolute atomic E-state index is 0.195. The highest BCUT2D eigenvalue weighted by atomic mass is 35.5. The Morgan fingerprint density at radius 1 is 1.03 bits per heavy atom. The maximum atomic E-state index is 13.2. The molecule has 0 aliphatic rings. The smallest absolute Gasteiger partial charge is 0.322 e. The predicted octanol–water partition coefficient (Wildman–Crippen LogP) is 6.21. The fourth-order valence-corrected chi connectivity index (χ4v) is 3.95. The van der Waals surface area contributed by atoms with Gasteiger partial charge in [-0.3, -0.25) is 4.79 Å². The number of halogens is 2. The van der Waals surface area contributed by atoms with Crippen molar-refractivity contribution in [3.8, 4) is 5.69 Å². The third kappa shape index (κ3) is 7.47. The number of carbonyl (C=O) groups excluding carboxylic acids is 2. The Labute approximate surface area is 227 Å². The lowest BCUT2D eigenvalue weighted by molar-refractivity contribution is -0.116. The van der Waals surface area contributed by atoms with E-state index in [0.29, 0.717) is 21.6 Å². The van der Waals surface area contributed by atoms with Gasteiger partial charge in [-0.1, -0.05) is 61.7 Å². The van der Waals surface area contributed by atoms with Crippen molar-refractivity contribution in [3.63, 3.8) is 0 Å². The lowest BCUT2D eigenvalue weighted by Crippen LogP contribution is -2.42. The van der Waals surface area contributed by atoms with E-state index in [0.717, 1.165) is 22.5 Å². The average Bonchev–Trinajstić information content (AvgIpc) is 3.23. The summed E-state index contributed by atoms with van der Waals surface area (Å²) in [5.41, 5.74) is 4.10. The molecule has 0 radical (unpaired) electrons. The fraction of sp³-hybridized carbons (Fsp3) is 0.370. The standard InChI is InChI=1S/C27H33Cl2N5O3/c1-17-7-10-22(18(2)13-17)34-24(15-23(32-34)27(3,4)5)31-25(35)16-33(11-12-37-6)26(36)30-19-8-9-20(28)21(29)14-19/h7-10,13-15H,11-12,16H2,1-6H3,(H,30,36)(H,31,35). The monoisotopic (exact) mass is 545 g/mol. The number of hydrogen-bond acceptors (Lipinski definition) is 4. The molecule has 3 amide bonds. The Kier molecular flexibility index (Phi) is 9.23. The number of aromatic nitrogens is 2. The molecule has 198 valence electrons. The molecule has 1 aromatic heterocycles. The Morgan fingerprint density at radius 3 is 2.38 bits per heavy atom. The van der Waals surface area contributed by atoms with Crippen molar-refractivity contribution in [2.24, 2.45) is 0 Å². The second-order valence-corrected chi connectivity index (χ2v) is 10.7.